The zero-order chi connectivity index (χ0) is 13.8. The summed E-state index contributed by atoms with van der Waals surface area (Å²) in [6, 6.07) is 13.6. The van der Waals surface area contributed by atoms with Crippen LogP contribution in [-0.4, -0.2) is 7.05 Å². The molecule has 0 heterocycles. The Morgan fingerprint density at radius 3 is 2.53 bits per heavy atom. The van der Waals surface area contributed by atoms with E-state index >= 15 is 0 Å². The van der Waals surface area contributed by atoms with Crippen molar-refractivity contribution in [1.82, 2.24) is 0 Å². The van der Waals surface area contributed by atoms with E-state index in [-0.39, 0.29) is 5.82 Å². The summed E-state index contributed by atoms with van der Waals surface area (Å²) < 4.78 is 12.8. The van der Waals surface area contributed by atoms with E-state index in [1.165, 1.54) is 12.1 Å². The largest absolute Gasteiger partial charge is 0.369 e. The van der Waals surface area contributed by atoms with Gasteiger partial charge in [0.15, 0.2) is 0 Å². The van der Waals surface area contributed by atoms with E-state index < -0.39 is 0 Å². The molecule has 0 aliphatic carbocycles. The Balaban J connectivity index is 2.23. The van der Waals surface area contributed by atoms with Crippen LogP contribution >= 0.6 is 11.6 Å². The molecule has 0 N–H and O–H groups in total. The average molecular weight is 275 g/mol. The summed E-state index contributed by atoms with van der Waals surface area (Å²) in [7, 11) is 1.88. The molecule has 2 nitrogen and oxygen atoms in total. The fraction of sp³-hybridized carbons (Fsp3) is 0.133. The lowest BCUT2D eigenvalue weighted by Gasteiger charge is -2.20. The number of nitrogens with zero attached hydrogens (tertiary/aromatic N) is 2. The highest BCUT2D eigenvalue weighted by Crippen LogP contribution is 2.24. The number of halogens is 2. The Hall–Kier alpha value is -2.05. The van der Waals surface area contributed by atoms with Crippen molar-refractivity contribution in [2.45, 2.75) is 6.54 Å². The molecule has 0 fully saturated rings. The molecule has 0 unspecified atom stereocenters. The highest BCUT2D eigenvalue weighted by atomic mass is 35.5. The summed E-state index contributed by atoms with van der Waals surface area (Å²) in [5.41, 5.74) is 2.30. The van der Waals surface area contributed by atoms with Crippen LogP contribution in [0.25, 0.3) is 0 Å². The van der Waals surface area contributed by atoms with Crippen LogP contribution in [-0.2, 0) is 6.54 Å². The van der Waals surface area contributed by atoms with Gasteiger partial charge in [0.2, 0.25) is 0 Å². The molecule has 0 aliphatic heterocycles. The molecule has 2 aromatic carbocycles. The van der Waals surface area contributed by atoms with E-state index in [1.54, 1.807) is 24.3 Å². The number of rotatable bonds is 3. The first-order valence-corrected chi connectivity index (χ1v) is 6.13. The second kappa shape index (κ2) is 5.73. The molecule has 0 radical (unpaired) electrons. The molecule has 0 bridgehead atoms. The molecule has 96 valence electrons. The molecular formula is C15H12ClFN2. The van der Waals surface area contributed by atoms with Crippen LogP contribution in [0.5, 0.6) is 0 Å². The van der Waals surface area contributed by atoms with Gasteiger partial charge in [-0.3, -0.25) is 0 Å². The Bertz CT molecular complexity index is 617. The molecule has 2 rings (SSSR count). The molecule has 0 saturated heterocycles. The topological polar surface area (TPSA) is 27.0 Å². The molecule has 0 spiro atoms. The second-order valence-corrected chi connectivity index (χ2v) is 4.69. The number of benzene rings is 2. The Morgan fingerprint density at radius 2 is 1.89 bits per heavy atom. The van der Waals surface area contributed by atoms with Crippen molar-refractivity contribution in [3.63, 3.8) is 0 Å². The summed E-state index contributed by atoms with van der Waals surface area (Å²) in [5.74, 6) is -0.254. The molecule has 2 aromatic rings. The fourth-order valence-corrected chi connectivity index (χ4v) is 2.05. The number of nitriles is 1. The molecule has 0 aromatic heterocycles. The minimum absolute atomic E-state index is 0.254. The number of anilines is 1. The van der Waals surface area contributed by atoms with Crippen molar-refractivity contribution in [3.05, 3.63) is 64.4 Å². The smallest absolute Gasteiger partial charge is 0.123 e. The van der Waals surface area contributed by atoms with Gasteiger partial charge in [0.25, 0.3) is 0 Å². The van der Waals surface area contributed by atoms with E-state index in [4.69, 9.17) is 16.9 Å². The first-order chi connectivity index (χ1) is 9.10. The van der Waals surface area contributed by atoms with E-state index in [1.807, 2.05) is 18.0 Å². The Labute approximate surface area is 116 Å². The van der Waals surface area contributed by atoms with Gasteiger partial charge in [-0.1, -0.05) is 23.7 Å². The van der Waals surface area contributed by atoms with E-state index in [0.29, 0.717) is 17.1 Å². The first kappa shape index (κ1) is 13.4. The summed E-state index contributed by atoms with van der Waals surface area (Å²) in [6.07, 6.45) is 0. The lowest BCUT2D eigenvalue weighted by molar-refractivity contribution is 0.627. The zero-order valence-corrected chi connectivity index (χ0v) is 11.2. The maximum Gasteiger partial charge on any atom is 0.123 e. The van der Waals surface area contributed by atoms with Crippen molar-refractivity contribution in [2.24, 2.45) is 0 Å². The van der Waals surface area contributed by atoms with Crippen LogP contribution in [0.3, 0.4) is 0 Å². The van der Waals surface area contributed by atoms with Gasteiger partial charge in [-0.25, -0.2) is 4.39 Å². The monoisotopic (exact) mass is 274 g/mol. The normalized spacial score (nSPS) is 10.0. The van der Waals surface area contributed by atoms with Crippen molar-refractivity contribution < 1.29 is 4.39 Å². The van der Waals surface area contributed by atoms with Gasteiger partial charge < -0.3 is 4.90 Å². The highest BCUT2D eigenvalue weighted by Gasteiger charge is 2.08. The average Bonchev–Trinajstić information content (AvgIpc) is 2.41. The minimum atomic E-state index is -0.254. The molecule has 0 amide bonds. The van der Waals surface area contributed by atoms with E-state index in [2.05, 4.69) is 6.07 Å². The number of hydrogen-bond acceptors (Lipinski definition) is 2. The molecule has 4 heteroatoms. The van der Waals surface area contributed by atoms with Crippen molar-refractivity contribution in [1.29, 1.82) is 5.26 Å². The van der Waals surface area contributed by atoms with E-state index in [0.717, 1.165) is 11.3 Å². The second-order valence-electron chi connectivity index (χ2n) is 4.26. The Kier molecular flexibility index (Phi) is 4.03. The van der Waals surface area contributed by atoms with Crippen LogP contribution in [0, 0.1) is 17.1 Å². The molecule has 0 aliphatic rings. The van der Waals surface area contributed by atoms with Crippen molar-refractivity contribution in [3.8, 4) is 6.07 Å². The zero-order valence-electron chi connectivity index (χ0n) is 10.4. The maximum atomic E-state index is 12.8. The summed E-state index contributed by atoms with van der Waals surface area (Å²) >= 11 is 5.87. The number of hydrogen-bond donors (Lipinski definition) is 0. The highest BCUT2D eigenvalue weighted by molar-refractivity contribution is 6.30. The third-order valence-electron chi connectivity index (χ3n) is 2.82. The summed E-state index contributed by atoms with van der Waals surface area (Å²) in [6.45, 7) is 0.594. The van der Waals surface area contributed by atoms with Gasteiger partial charge >= 0.3 is 0 Å². The van der Waals surface area contributed by atoms with Gasteiger partial charge in [0, 0.05) is 18.6 Å². The maximum absolute atomic E-state index is 12.8. The third-order valence-corrected chi connectivity index (χ3v) is 3.06. The SMILES string of the molecule is CN(Cc1ccc(F)cc1)c1ccc(Cl)cc1C#N. The predicted molar refractivity (Wildman–Crippen MR) is 74.7 cm³/mol. The molecular weight excluding hydrogens is 263 g/mol. The lowest BCUT2D eigenvalue weighted by Crippen LogP contribution is -2.17. The van der Waals surface area contributed by atoms with Crippen molar-refractivity contribution in [2.75, 3.05) is 11.9 Å². The van der Waals surface area contributed by atoms with Gasteiger partial charge in [-0.2, -0.15) is 5.26 Å². The standard InChI is InChI=1S/C15H12ClFN2/c1-19(10-11-2-5-14(17)6-3-11)15-7-4-13(16)8-12(15)9-18/h2-8H,10H2,1H3. The van der Waals surface area contributed by atoms with Crippen molar-refractivity contribution >= 4 is 17.3 Å². The summed E-state index contributed by atoms with van der Waals surface area (Å²) in [4.78, 5) is 1.93. The molecule has 0 saturated carbocycles. The summed E-state index contributed by atoms with van der Waals surface area (Å²) in [5, 5.41) is 9.65. The van der Waals surface area contributed by atoms with Gasteiger partial charge in [0.1, 0.15) is 11.9 Å². The van der Waals surface area contributed by atoms with Gasteiger partial charge in [0.05, 0.1) is 11.3 Å². The first-order valence-electron chi connectivity index (χ1n) is 5.75. The lowest BCUT2D eigenvalue weighted by atomic mass is 10.1. The molecule has 0 atom stereocenters. The van der Waals surface area contributed by atoms with E-state index in [9.17, 15) is 4.39 Å². The van der Waals surface area contributed by atoms with Crippen LogP contribution in [0.4, 0.5) is 10.1 Å². The van der Waals surface area contributed by atoms with Gasteiger partial charge in [-0.05, 0) is 35.9 Å². The Morgan fingerprint density at radius 1 is 1.21 bits per heavy atom. The third kappa shape index (κ3) is 3.24. The van der Waals surface area contributed by atoms with Crippen LogP contribution < -0.4 is 4.90 Å². The van der Waals surface area contributed by atoms with Crippen LogP contribution in [0.2, 0.25) is 5.02 Å². The molecule has 19 heavy (non-hydrogen) atoms. The predicted octanol–water partition coefficient (Wildman–Crippen LogP) is 3.99. The fourth-order valence-electron chi connectivity index (χ4n) is 1.88. The minimum Gasteiger partial charge on any atom is -0.369 e. The van der Waals surface area contributed by atoms with Crippen LogP contribution in [0.15, 0.2) is 42.5 Å². The van der Waals surface area contributed by atoms with Crippen LogP contribution in [0.1, 0.15) is 11.1 Å². The quantitative estimate of drug-likeness (QED) is 0.846. The van der Waals surface area contributed by atoms with Gasteiger partial charge in [-0.15, -0.1) is 0 Å².